The highest BCUT2D eigenvalue weighted by Crippen LogP contribution is 2.36. The molecule has 3 heteroatoms. The van der Waals surface area contributed by atoms with E-state index in [-0.39, 0.29) is 11.9 Å². The molecule has 106 valence electrons. The first-order valence-corrected chi connectivity index (χ1v) is 8.10. The second-order valence-electron chi connectivity index (χ2n) is 5.99. The van der Waals surface area contributed by atoms with Gasteiger partial charge in [0.05, 0.1) is 6.10 Å². The van der Waals surface area contributed by atoms with Crippen molar-refractivity contribution in [2.24, 2.45) is 17.8 Å². The predicted molar refractivity (Wildman–Crippen MR) is 78.8 cm³/mol. The number of aliphatic hydroxyl groups is 1. The van der Waals surface area contributed by atoms with E-state index in [0.29, 0.717) is 28.4 Å². The van der Waals surface area contributed by atoms with Crippen LogP contribution >= 0.6 is 11.8 Å². The van der Waals surface area contributed by atoms with Gasteiger partial charge in [-0.2, -0.15) is 0 Å². The Morgan fingerprint density at radius 2 is 1.84 bits per heavy atom. The minimum atomic E-state index is -0.324. The normalized spacial score (nSPS) is 29.2. The molecule has 1 aliphatic rings. The molecular weight excluding hydrogens is 259 g/mol. The zero-order chi connectivity index (χ0) is 13.8. The van der Waals surface area contributed by atoms with Gasteiger partial charge in [0, 0.05) is 10.6 Å². The summed E-state index contributed by atoms with van der Waals surface area (Å²) in [6.45, 7) is 4.53. The minimum Gasteiger partial charge on any atom is -0.392 e. The number of thioether (sulfide) groups is 1. The van der Waals surface area contributed by atoms with Gasteiger partial charge in [-0.25, -0.2) is 4.39 Å². The van der Waals surface area contributed by atoms with Crippen LogP contribution in [-0.2, 0) is 0 Å². The van der Waals surface area contributed by atoms with E-state index in [1.807, 2.05) is 6.07 Å². The Morgan fingerprint density at radius 3 is 2.47 bits per heavy atom. The number of halogens is 1. The maximum absolute atomic E-state index is 13.5. The Kier molecular flexibility index (Phi) is 5.28. The SMILES string of the molecule is CC1CC(C)CC(C(O)CSc2ccccc2F)C1. The molecule has 0 amide bonds. The van der Waals surface area contributed by atoms with E-state index in [4.69, 9.17) is 0 Å². The van der Waals surface area contributed by atoms with Crippen LogP contribution in [0, 0.1) is 23.6 Å². The average molecular weight is 282 g/mol. The topological polar surface area (TPSA) is 20.2 Å². The number of benzene rings is 1. The third-order valence-electron chi connectivity index (χ3n) is 4.01. The van der Waals surface area contributed by atoms with Crippen LogP contribution in [0.4, 0.5) is 4.39 Å². The summed E-state index contributed by atoms with van der Waals surface area (Å²) >= 11 is 1.43. The Bertz CT molecular complexity index is 399. The van der Waals surface area contributed by atoms with Crippen molar-refractivity contribution in [3.8, 4) is 0 Å². The molecule has 1 saturated carbocycles. The van der Waals surface area contributed by atoms with Crippen molar-refractivity contribution in [2.45, 2.75) is 44.1 Å². The van der Waals surface area contributed by atoms with E-state index < -0.39 is 0 Å². The Labute approximate surface area is 119 Å². The summed E-state index contributed by atoms with van der Waals surface area (Å²) in [6, 6.07) is 6.78. The van der Waals surface area contributed by atoms with Gasteiger partial charge in [-0.15, -0.1) is 11.8 Å². The van der Waals surface area contributed by atoms with E-state index in [1.54, 1.807) is 12.1 Å². The summed E-state index contributed by atoms with van der Waals surface area (Å²) in [4.78, 5) is 0.637. The van der Waals surface area contributed by atoms with Crippen LogP contribution in [0.15, 0.2) is 29.2 Å². The van der Waals surface area contributed by atoms with Crippen molar-refractivity contribution in [2.75, 3.05) is 5.75 Å². The van der Waals surface area contributed by atoms with Gasteiger partial charge in [0.2, 0.25) is 0 Å². The molecule has 0 saturated heterocycles. The van der Waals surface area contributed by atoms with Gasteiger partial charge >= 0.3 is 0 Å². The standard InChI is InChI=1S/C16H23FOS/c1-11-7-12(2)9-13(8-11)15(18)10-19-16-6-4-3-5-14(16)17/h3-6,11-13,15,18H,7-10H2,1-2H3. The first-order chi connectivity index (χ1) is 9.06. The third kappa shape index (κ3) is 4.22. The molecule has 1 aliphatic carbocycles. The van der Waals surface area contributed by atoms with Crippen molar-refractivity contribution in [3.63, 3.8) is 0 Å². The van der Waals surface area contributed by atoms with E-state index in [2.05, 4.69) is 13.8 Å². The first kappa shape index (κ1) is 14.9. The van der Waals surface area contributed by atoms with Crippen LogP contribution in [-0.4, -0.2) is 17.0 Å². The Morgan fingerprint density at radius 1 is 1.21 bits per heavy atom. The molecule has 2 rings (SSSR count). The van der Waals surface area contributed by atoms with Crippen LogP contribution in [0.3, 0.4) is 0 Å². The monoisotopic (exact) mass is 282 g/mol. The molecule has 3 unspecified atom stereocenters. The zero-order valence-corrected chi connectivity index (χ0v) is 12.5. The molecule has 0 bridgehead atoms. The van der Waals surface area contributed by atoms with Gasteiger partial charge < -0.3 is 5.11 Å². The molecule has 0 aliphatic heterocycles. The van der Waals surface area contributed by atoms with E-state index in [0.717, 1.165) is 12.8 Å². The molecule has 3 atom stereocenters. The lowest BCUT2D eigenvalue weighted by Crippen LogP contribution is -2.30. The Balaban J connectivity index is 1.87. The van der Waals surface area contributed by atoms with Gasteiger partial charge in [0.15, 0.2) is 0 Å². The van der Waals surface area contributed by atoms with Gasteiger partial charge in [-0.3, -0.25) is 0 Å². The highest BCUT2D eigenvalue weighted by molar-refractivity contribution is 7.99. The van der Waals surface area contributed by atoms with Crippen molar-refractivity contribution in [1.82, 2.24) is 0 Å². The smallest absolute Gasteiger partial charge is 0.136 e. The molecule has 1 fully saturated rings. The molecule has 1 nitrogen and oxygen atoms in total. The number of hydrogen-bond donors (Lipinski definition) is 1. The summed E-state index contributed by atoms with van der Waals surface area (Å²) in [5.74, 6) is 2.16. The number of aliphatic hydroxyl groups excluding tert-OH is 1. The quantitative estimate of drug-likeness (QED) is 0.828. The highest BCUT2D eigenvalue weighted by atomic mass is 32.2. The van der Waals surface area contributed by atoms with Crippen molar-refractivity contribution in [1.29, 1.82) is 0 Å². The molecular formula is C16H23FOS. The molecule has 19 heavy (non-hydrogen) atoms. The summed E-state index contributed by atoms with van der Waals surface area (Å²) in [7, 11) is 0. The lowest BCUT2D eigenvalue weighted by Gasteiger charge is -2.34. The summed E-state index contributed by atoms with van der Waals surface area (Å²) in [5, 5.41) is 10.3. The molecule has 1 aromatic carbocycles. The number of hydrogen-bond acceptors (Lipinski definition) is 2. The summed E-state index contributed by atoms with van der Waals surface area (Å²) in [5.41, 5.74) is 0. The molecule has 1 aromatic rings. The molecule has 1 N–H and O–H groups in total. The molecule has 0 radical (unpaired) electrons. The number of rotatable bonds is 4. The third-order valence-corrected chi connectivity index (χ3v) is 5.16. The van der Waals surface area contributed by atoms with E-state index in [1.165, 1.54) is 24.2 Å². The maximum atomic E-state index is 13.5. The summed E-state index contributed by atoms with van der Waals surface area (Å²) < 4.78 is 13.5. The van der Waals surface area contributed by atoms with E-state index >= 15 is 0 Å². The van der Waals surface area contributed by atoms with Crippen molar-refractivity contribution in [3.05, 3.63) is 30.1 Å². The van der Waals surface area contributed by atoms with Crippen LogP contribution in [0.2, 0.25) is 0 Å². The second kappa shape index (κ2) is 6.76. The average Bonchev–Trinajstić information content (AvgIpc) is 2.36. The van der Waals surface area contributed by atoms with Gasteiger partial charge in [0.1, 0.15) is 5.82 Å². The largest absolute Gasteiger partial charge is 0.392 e. The van der Waals surface area contributed by atoms with Gasteiger partial charge in [-0.05, 0) is 49.1 Å². The lowest BCUT2D eigenvalue weighted by atomic mass is 9.75. The van der Waals surface area contributed by atoms with Crippen LogP contribution in [0.25, 0.3) is 0 Å². The molecule has 0 heterocycles. The van der Waals surface area contributed by atoms with Gasteiger partial charge in [-0.1, -0.05) is 26.0 Å². The highest BCUT2D eigenvalue weighted by Gasteiger charge is 2.29. The first-order valence-electron chi connectivity index (χ1n) is 7.11. The summed E-state index contributed by atoms with van der Waals surface area (Å²) in [6.07, 6.45) is 3.14. The second-order valence-corrected chi connectivity index (χ2v) is 7.05. The van der Waals surface area contributed by atoms with Crippen molar-refractivity contribution >= 4 is 11.8 Å². The fourth-order valence-electron chi connectivity index (χ4n) is 3.20. The Hall–Kier alpha value is -0.540. The molecule has 0 spiro atoms. The van der Waals surface area contributed by atoms with Gasteiger partial charge in [0.25, 0.3) is 0 Å². The van der Waals surface area contributed by atoms with Crippen LogP contribution in [0.5, 0.6) is 0 Å². The van der Waals surface area contributed by atoms with Crippen LogP contribution < -0.4 is 0 Å². The minimum absolute atomic E-state index is 0.190. The predicted octanol–water partition coefficient (Wildman–Crippen LogP) is 4.35. The fourth-order valence-corrected chi connectivity index (χ4v) is 4.20. The molecule has 0 aromatic heterocycles. The zero-order valence-electron chi connectivity index (χ0n) is 11.7. The van der Waals surface area contributed by atoms with Crippen LogP contribution in [0.1, 0.15) is 33.1 Å². The van der Waals surface area contributed by atoms with Crippen molar-refractivity contribution < 1.29 is 9.50 Å². The van der Waals surface area contributed by atoms with E-state index in [9.17, 15) is 9.50 Å². The maximum Gasteiger partial charge on any atom is 0.136 e. The fraction of sp³-hybridized carbons (Fsp3) is 0.625. The lowest BCUT2D eigenvalue weighted by molar-refractivity contribution is 0.0723.